The normalized spacial score (nSPS) is 10.2. The molecular formula is C15H19ClN4O3S2. The maximum atomic E-state index is 12.1. The molecule has 1 aromatic carbocycles. The van der Waals surface area contributed by atoms with Crippen LogP contribution < -0.4 is 10.6 Å². The number of nitro groups is 1. The fourth-order valence-electron chi connectivity index (χ4n) is 1.93. The molecule has 0 spiro atoms. The van der Waals surface area contributed by atoms with Gasteiger partial charge in [-0.1, -0.05) is 11.8 Å². The second-order valence-corrected chi connectivity index (χ2v) is 7.16. The predicted octanol–water partition coefficient (Wildman–Crippen LogP) is 3.27. The van der Waals surface area contributed by atoms with Crippen LogP contribution in [0.4, 0.5) is 5.69 Å². The van der Waals surface area contributed by atoms with Gasteiger partial charge in [-0.2, -0.15) is 0 Å². The summed E-state index contributed by atoms with van der Waals surface area (Å²) in [5, 5.41) is 19.0. The number of carbonyl (C=O) groups excluding carboxylic acids is 1. The largest absolute Gasteiger partial charge is 0.352 e. The molecule has 0 atom stereocenters. The molecule has 1 amide bonds. The van der Waals surface area contributed by atoms with Crippen molar-refractivity contribution >= 4 is 47.1 Å². The lowest BCUT2D eigenvalue weighted by Crippen LogP contribution is -2.26. The number of thiazole rings is 1. The van der Waals surface area contributed by atoms with Gasteiger partial charge in [-0.15, -0.1) is 23.7 Å². The summed E-state index contributed by atoms with van der Waals surface area (Å²) >= 11 is 2.67. The monoisotopic (exact) mass is 402 g/mol. The van der Waals surface area contributed by atoms with Crippen LogP contribution in [0.3, 0.4) is 0 Å². The van der Waals surface area contributed by atoms with Crippen LogP contribution in [0.15, 0.2) is 32.8 Å². The highest BCUT2D eigenvalue weighted by molar-refractivity contribution is 8.01. The number of carbonyl (C=O) groups is 1. The number of aryl methyl sites for hydroxylation is 1. The Morgan fingerprint density at radius 3 is 2.76 bits per heavy atom. The van der Waals surface area contributed by atoms with Crippen LogP contribution in [0.1, 0.15) is 22.5 Å². The standard InChI is InChI=1S/C15H18N4O3S2.ClH/c1-10-9-23-15(18-10)24-13-5-4-11(8-12(13)19(21)22)14(20)17-7-3-6-16-2;/h4-5,8-9,16H,3,6-7H2,1-2H3,(H,17,20);1H. The molecule has 1 aromatic heterocycles. The number of nitrogens with zero attached hydrogens (tertiary/aromatic N) is 2. The zero-order chi connectivity index (χ0) is 17.5. The maximum absolute atomic E-state index is 12.1. The second-order valence-electron chi connectivity index (χ2n) is 5.01. The zero-order valence-corrected chi connectivity index (χ0v) is 16.2. The van der Waals surface area contributed by atoms with Gasteiger partial charge in [0.05, 0.1) is 9.82 Å². The molecule has 0 unspecified atom stereocenters. The van der Waals surface area contributed by atoms with E-state index < -0.39 is 4.92 Å². The van der Waals surface area contributed by atoms with Crippen molar-refractivity contribution in [2.45, 2.75) is 22.6 Å². The van der Waals surface area contributed by atoms with E-state index in [0.29, 0.717) is 11.4 Å². The third-order valence-corrected chi connectivity index (χ3v) is 5.22. The number of nitrogens with one attached hydrogen (secondary N) is 2. The van der Waals surface area contributed by atoms with Crippen molar-refractivity contribution in [3.8, 4) is 0 Å². The van der Waals surface area contributed by atoms with Gasteiger partial charge in [0, 0.05) is 29.2 Å². The Balaban J connectivity index is 0.00000312. The molecule has 1 heterocycles. The van der Waals surface area contributed by atoms with Crippen LogP contribution in [-0.2, 0) is 0 Å². The van der Waals surface area contributed by atoms with Crippen LogP contribution in [0, 0.1) is 17.0 Å². The van der Waals surface area contributed by atoms with Gasteiger partial charge in [0.2, 0.25) is 0 Å². The van der Waals surface area contributed by atoms with Crippen molar-refractivity contribution in [2.75, 3.05) is 20.1 Å². The lowest BCUT2D eigenvalue weighted by atomic mass is 10.2. The van der Waals surface area contributed by atoms with Crippen LogP contribution in [-0.4, -0.2) is 36.0 Å². The first-order chi connectivity index (χ1) is 11.5. The minimum absolute atomic E-state index is 0. The van der Waals surface area contributed by atoms with E-state index in [1.54, 1.807) is 12.1 Å². The van der Waals surface area contributed by atoms with Crippen molar-refractivity contribution in [1.82, 2.24) is 15.6 Å². The average molecular weight is 403 g/mol. The Morgan fingerprint density at radius 1 is 1.40 bits per heavy atom. The van der Waals surface area contributed by atoms with Crippen molar-refractivity contribution in [3.63, 3.8) is 0 Å². The topological polar surface area (TPSA) is 97.2 Å². The van der Waals surface area contributed by atoms with Gasteiger partial charge in [0.25, 0.3) is 11.6 Å². The summed E-state index contributed by atoms with van der Waals surface area (Å²) < 4.78 is 0.736. The highest BCUT2D eigenvalue weighted by atomic mass is 35.5. The van der Waals surface area contributed by atoms with Gasteiger partial charge in [0.15, 0.2) is 4.34 Å². The number of amides is 1. The molecule has 2 rings (SSSR count). The summed E-state index contributed by atoms with van der Waals surface area (Å²) in [4.78, 5) is 27.7. The van der Waals surface area contributed by atoms with E-state index in [-0.39, 0.29) is 29.6 Å². The fourth-order valence-corrected chi connectivity index (χ4v) is 3.81. The number of rotatable bonds is 8. The molecule has 0 saturated heterocycles. The molecule has 25 heavy (non-hydrogen) atoms. The molecule has 0 radical (unpaired) electrons. The first kappa shape index (κ1) is 21.4. The van der Waals surface area contributed by atoms with Crippen LogP contribution in [0.5, 0.6) is 0 Å². The lowest BCUT2D eigenvalue weighted by molar-refractivity contribution is -0.387. The highest BCUT2D eigenvalue weighted by Crippen LogP contribution is 2.36. The second kappa shape index (κ2) is 10.3. The first-order valence-corrected chi connectivity index (χ1v) is 9.02. The minimum Gasteiger partial charge on any atom is -0.352 e. The zero-order valence-electron chi connectivity index (χ0n) is 13.8. The van der Waals surface area contributed by atoms with Crippen molar-refractivity contribution in [3.05, 3.63) is 45.0 Å². The number of halogens is 1. The summed E-state index contributed by atoms with van der Waals surface area (Å²) in [7, 11) is 1.84. The van der Waals surface area contributed by atoms with Crippen LogP contribution in [0.2, 0.25) is 0 Å². The van der Waals surface area contributed by atoms with Crippen LogP contribution in [0.25, 0.3) is 0 Å². The van der Waals surface area contributed by atoms with Gasteiger partial charge < -0.3 is 10.6 Å². The van der Waals surface area contributed by atoms with E-state index in [1.807, 2.05) is 19.4 Å². The van der Waals surface area contributed by atoms with Crippen molar-refractivity contribution in [2.24, 2.45) is 0 Å². The quantitative estimate of drug-likeness (QED) is 0.399. The van der Waals surface area contributed by atoms with Crippen molar-refractivity contribution in [1.29, 1.82) is 0 Å². The Hall–Kier alpha value is -1.68. The van der Waals surface area contributed by atoms with E-state index in [2.05, 4.69) is 15.6 Å². The number of nitro benzene ring substituents is 1. The molecule has 0 aliphatic heterocycles. The minimum atomic E-state index is -0.472. The smallest absolute Gasteiger partial charge is 0.284 e. The average Bonchev–Trinajstić information content (AvgIpc) is 2.96. The van der Waals surface area contributed by atoms with Gasteiger partial charge in [-0.25, -0.2) is 4.98 Å². The molecule has 10 heteroatoms. The molecule has 0 aliphatic rings. The number of benzene rings is 1. The van der Waals surface area contributed by atoms with E-state index in [4.69, 9.17) is 0 Å². The SMILES string of the molecule is CNCCCNC(=O)c1ccc(Sc2nc(C)cs2)c([N+](=O)[O-])c1.Cl. The molecule has 0 saturated carbocycles. The summed E-state index contributed by atoms with van der Waals surface area (Å²) in [5.41, 5.74) is 1.07. The summed E-state index contributed by atoms with van der Waals surface area (Å²) in [6.07, 6.45) is 0.793. The fraction of sp³-hybridized carbons (Fsp3) is 0.333. The molecule has 0 aliphatic carbocycles. The predicted molar refractivity (Wildman–Crippen MR) is 102 cm³/mol. The van der Waals surface area contributed by atoms with E-state index in [1.165, 1.54) is 29.2 Å². The van der Waals surface area contributed by atoms with Gasteiger partial charge in [-0.3, -0.25) is 14.9 Å². The maximum Gasteiger partial charge on any atom is 0.284 e. The first-order valence-electron chi connectivity index (χ1n) is 7.32. The molecular weight excluding hydrogens is 384 g/mol. The van der Waals surface area contributed by atoms with Gasteiger partial charge in [0.1, 0.15) is 0 Å². The molecule has 7 nitrogen and oxygen atoms in total. The Kier molecular flexibility index (Phi) is 8.84. The highest BCUT2D eigenvalue weighted by Gasteiger charge is 2.19. The Bertz CT molecular complexity index is 739. The Labute approximate surface area is 160 Å². The third-order valence-electron chi connectivity index (χ3n) is 3.10. The Morgan fingerprint density at radius 2 is 2.16 bits per heavy atom. The van der Waals surface area contributed by atoms with E-state index >= 15 is 0 Å². The molecule has 136 valence electrons. The van der Waals surface area contributed by atoms with Gasteiger partial charge in [-0.05, 0) is 39.1 Å². The summed E-state index contributed by atoms with van der Waals surface area (Å²) in [5.74, 6) is -0.309. The molecule has 0 fully saturated rings. The van der Waals surface area contributed by atoms with E-state index in [9.17, 15) is 14.9 Å². The van der Waals surface area contributed by atoms with E-state index in [0.717, 1.165) is 23.0 Å². The molecule has 2 aromatic rings. The number of hydrogen-bond donors (Lipinski definition) is 2. The molecule has 0 bridgehead atoms. The molecule has 2 N–H and O–H groups in total. The third kappa shape index (κ3) is 6.28. The summed E-state index contributed by atoms with van der Waals surface area (Å²) in [6.45, 7) is 3.18. The summed E-state index contributed by atoms with van der Waals surface area (Å²) in [6, 6.07) is 4.52. The van der Waals surface area contributed by atoms with Crippen LogP contribution >= 0.6 is 35.5 Å². The van der Waals surface area contributed by atoms with Crippen molar-refractivity contribution < 1.29 is 9.72 Å². The number of aromatic nitrogens is 1. The van der Waals surface area contributed by atoms with Gasteiger partial charge >= 0.3 is 0 Å². The lowest BCUT2D eigenvalue weighted by Gasteiger charge is -2.06. The number of hydrogen-bond acceptors (Lipinski definition) is 7.